The van der Waals surface area contributed by atoms with Crippen LogP contribution in [0.25, 0.3) is 0 Å². The first-order valence-corrected chi connectivity index (χ1v) is 6.93. The van der Waals surface area contributed by atoms with E-state index in [1.165, 1.54) is 0 Å². The molecular weight excluding hydrogens is 258 g/mol. The summed E-state index contributed by atoms with van der Waals surface area (Å²) in [7, 11) is 0. The minimum atomic E-state index is -0.881. The molecule has 0 amide bonds. The third-order valence-corrected chi connectivity index (χ3v) is 3.94. The van der Waals surface area contributed by atoms with Gasteiger partial charge in [0.15, 0.2) is 0 Å². The highest BCUT2D eigenvalue weighted by Gasteiger charge is 2.08. The SMILES string of the molecule is Cc1ccc(SCc2ncccc2C)cc1C(=O)O. The molecule has 98 valence electrons. The zero-order valence-corrected chi connectivity index (χ0v) is 11.7. The lowest BCUT2D eigenvalue weighted by Crippen LogP contribution is -1.99. The molecule has 0 radical (unpaired) electrons. The second kappa shape index (κ2) is 5.89. The molecule has 0 unspecified atom stereocenters. The molecule has 0 atom stereocenters. The molecule has 0 aliphatic rings. The van der Waals surface area contributed by atoms with Gasteiger partial charge >= 0.3 is 5.97 Å². The lowest BCUT2D eigenvalue weighted by atomic mass is 10.1. The van der Waals surface area contributed by atoms with Gasteiger partial charge in [0.25, 0.3) is 0 Å². The summed E-state index contributed by atoms with van der Waals surface area (Å²) in [6.07, 6.45) is 1.78. The average Bonchev–Trinajstić information content (AvgIpc) is 2.39. The van der Waals surface area contributed by atoms with Crippen molar-refractivity contribution in [3.05, 3.63) is 58.9 Å². The molecular formula is C15H15NO2S. The fourth-order valence-electron chi connectivity index (χ4n) is 1.74. The summed E-state index contributed by atoms with van der Waals surface area (Å²) in [6, 6.07) is 9.46. The van der Waals surface area contributed by atoms with E-state index in [-0.39, 0.29) is 0 Å². The van der Waals surface area contributed by atoms with E-state index in [4.69, 9.17) is 5.11 Å². The first-order chi connectivity index (χ1) is 9.08. The Hall–Kier alpha value is -1.81. The Kier molecular flexibility index (Phi) is 4.22. The van der Waals surface area contributed by atoms with Crippen molar-refractivity contribution in [2.24, 2.45) is 0 Å². The van der Waals surface area contributed by atoms with E-state index in [1.807, 2.05) is 31.2 Å². The zero-order valence-electron chi connectivity index (χ0n) is 10.9. The van der Waals surface area contributed by atoms with Gasteiger partial charge in [0.1, 0.15) is 0 Å². The molecule has 1 aromatic carbocycles. The van der Waals surface area contributed by atoms with Gasteiger partial charge in [0.2, 0.25) is 0 Å². The van der Waals surface area contributed by atoms with Gasteiger partial charge in [-0.15, -0.1) is 11.8 Å². The van der Waals surface area contributed by atoms with Crippen molar-refractivity contribution < 1.29 is 9.90 Å². The molecule has 0 fully saturated rings. The van der Waals surface area contributed by atoms with E-state index in [9.17, 15) is 4.79 Å². The molecule has 2 rings (SSSR count). The lowest BCUT2D eigenvalue weighted by Gasteiger charge is -2.06. The summed E-state index contributed by atoms with van der Waals surface area (Å²) in [4.78, 5) is 16.4. The molecule has 0 bridgehead atoms. The van der Waals surface area contributed by atoms with Gasteiger partial charge in [-0.2, -0.15) is 0 Å². The Morgan fingerprint density at radius 2 is 2.05 bits per heavy atom. The molecule has 1 aromatic heterocycles. The highest BCUT2D eigenvalue weighted by atomic mass is 32.2. The number of hydrogen-bond acceptors (Lipinski definition) is 3. The first kappa shape index (κ1) is 13.6. The van der Waals surface area contributed by atoms with E-state index in [0.717, 1.165) is 27.5 Å². The minimum Gasteiger partial charge on any atom is -0.478 e. The van der Waals surface area contributed by atoms with E-state index < -0.39 is 5.97 Å². The third kappa shape index (κ3) is 3.35. The highest BCUT2D eigenvalue weighted by Crippen LogP contribution is 2.25. The summed E-state index contributed by atoms with van der Waals surface area (Å²) >= 11 is 1.60. The number of benzene rings is 1. The lowest BCUT2D eigenvalue weighted by molar-refractivity contribution is 0.0696. The van der Waals surface area contributed by atoms with Crippen LogP contribution in [0.15, 0.2) is 41.4 Å². The predicted octanol–water partition coefficient (Wildman–Crippen LogP) is 3.69. The van der Waals surface area contributed by atoms with Crippen LogP contribution < -0.4 is 0 Å². The van der Waals surface area contributed by atoms with Gasteiger partial charge in [-0.3, -0.25) is 4.98 Å². The smallest absolute Gasteiger partial charge is 0.335 e. The van der Waals surface area contributed by atoms with Gasteiger partial charge in [-0.05, 0) is 43.2 Å². The Balaban J connectivity index is 2.14. The summed E-state index contributed by atoms with van der Waals surface area (Å²) < 4.78 is 0. The molecule has 1 heterocycles. The number of carboxylic acid groups (broad SMARTS) is 1. The number of nitrogens with zero attached hydrogens (tertiary/aromatic N) is 1. The fourth-order valence-corrected chi connectivity index (χ4v) is 2.71. The second-order valence-corrected chi connectivity index (χ2v) is 5.39. The molecule has 0 aliphatic carbocycles. The standard InChI is InChI=1S/C15H15NO2S/c1-10-5-6-12(8-13(10)15(17)18)19-9-14-11(2)4-3-7-16-14/h3-8H,9H2,1-2H3,(H,17,18). The molecule has 2 aromatic rings. The van der Waals surface area contributed by atoms with Crippen LogP contribution in [-0.2, 0) is 5.75 Å². The molecule has 0 spiro atoms. The number of carbonyl (C=O) groups is 1. The third-order valence-electron chi connectivity index (χ3n) is 2.93. The number of aryl methyl sites for hydroxylation is 2. The average molecular weight is 273 g/mol. The van der Waals surface area contributed by atoms with Crippen molar-refractivity contribution in [3.63, 3.8) is 0 Å². The van der Waals surface area contributed by atoms with Crippen LogP contribution in [0.2, 0.25) is 0 Å². The van der Waals surface area contributed by atoms with E-state index in [2.05, 4.69) is 4.98 Å². The number of aromatic carboxylic acids is 1. The molecule has 1 N–H and O–H groups in total. The first-order valence-electron chi connectivity index (χ1n) is 5.95. The number of aromatic nitrogens is 1. The monoisotopic (exact) mass is 273 g/mol. The summed E-state index contributed by atoms with van der Waals surface area (Å²) in [6.45, 7) is 3.83. The molecule has 3 nitrogen and oxygen atoms in total. The summed E-state index contributed by atoms with van der Waals surface area (Å²) in [5.74, 6) is -0.136. The van der Waals surface area contributed by atoms with Gasteiger partial charge < -0.3 is 5.11 Å². The molecule has 4 heteroatoms. The normalized spacial score (nSPS) is 10.4. The quantitative estimate of drug-likeness (QED) is 0.863. The number of hydrogen-bond donors (Lipinski definition) is 1. The van der Waals surface area contributed by atoms with Crippen LogP contribution in [0.4, 0.5) is 0 Å². The minimum absolute atomic E-state index is 0.364. The van der Waals surface area contributed by atoms with Crippen molar-refractivity contribution in [1.82, 2.24) is 4.98 Å². The topological polar surface area (TPSA) is 50.2 Å². The van der Waals surface area contributed by atoms with Crippen LogP contribution >= 0.6 is 11.8 Å². The number of thioether (sulfide) groups is 1. The maximum atomic E-state index is 11.1. The number of rotatable bonds is 4. The summed E-state index contributed by atoms with van der Waals surface area (Å²) in [5, 5.41) is 9.10. The van der Waals surface area contributed by atoms with Crippen LogP contribution in [-0.4, -0.2) is 16.1 Å². The molecule has 0 aliphatic heterocycles. The Labute approximate surface area is 116 Å². The fraction of sp³-hybridized carbons (Fsp3) is 0.200. The maximum Gasteiger partial charge on any atom is 0.335 e. The van der Waals surface area contributed by atoms with Crippen molar-refractivity contribution in [2.75, 3.05) is 0 Å². The van der Waals surface area contributed by atoms with Crippen LogP contribution in [0.3, 0.4) is 0 Å². The van der Waals surface area contributed by atoms with Crippen LogP contribution in [0, 0.1) is 13.8 Å². The van der Waals surface area contributed by atoms with E-state index >= 15 is 0 Å². The maximum absolute atomic E-state index is 11.1. The Morgan fingerprint density at radius 3 is 2.74 bits per heavy atom. The summed E-state index contributed by atoms with van der Waals surface area (Å²) in [5.41, 5.74) is 3.33. The van der Waals surface area contributed by atoms with Gasteiger partial charge in [-0.25, -0.2) is 4.79 Å². The van der Waals surface area contributed by atoms with Crippen molar-refractivity contribution in [3.8, 4) is 0 Å². The van der Waals surface area contributed by atoms with E-state index in [0.29, 0.717) is 5.56 Å². The second-order valence-electron chi connectivity index (χ2n) is 4.34. The van der Waals surface area contributed by atoms with Gasteiger partial charge in [-0.1, -0.05) is 12.1 Å². The molecule has 0 saturated carbocycles. The molecule has 19 heavy (non-hydrogen) atoms. The number of carboxylic acids is 1. The van der Waals surface area contributed by atoms with Crippen molar-refractivity contribution in [2.45, 2.75) is 24.5 Å². The van der Waals surface area contributed by atoms with E-state index in [1.54, 1.807) is 30.9 Å². The van der Waals surface area contributed by atoms with Gasteiger partial charge in [0.05, 0.1) is 11.3 Å². The highest BCUT2D eigenvalue weighted by molar-refractivity contribution is 7.98. The van der Waals surface area contributed by atoms with Crippen LogP contribution in [0.5, 0.6) is 0 Å². The van der Waals surface area contributed by atoms with Crippen LogP contribution in [0.1, 0.15) is 27.2 Å². The zero-order chi connectivity index (χ0) is 13.8. The van der Waals surface area contributed by atoms with Crippen molar-refractivity contribution >= 4 is 17.7 Å². The van der Waals surface area contributed by atoms with Crippen molar-refractivity contribution in [1.29, 1.82) is 0 Å². The van der Waals surface area contributed by atoms with Gasteiger partial charge in [0, 0.05) is 16.8 Å². The number of pyridine rings is 1. The largest absolute Gasteiger partial charge is 0.478 e. The Morgan fingerprint density at radius 1 is 1.26 bits per heavy atom. The molecule has 0 saturated heterocycles. The Bertz CT molecular complexity index is 611. The predicted molar refractivity (Wildman–Crippen MR) is 76.7 cm³/mol.